The number of benzene rings is 4. The highest BCUT2D eigenvalue weighted by molar-refractivity contribution is 14.1. The number of aryl methyl sites for hydroxylation is 1. The number of carbonyl (C=O) groups is 11. The molecule has 22 N–H and O–H groups in total. The number of nitrogens with zero attached hydrogens (tertiary/aromatic N) is 6. The van der Waals surface area contributed by atoms with Crippen molar-refractivity contribution in [2.45, 2.75) is 138 Å². The Kier molecular flexibility index (Phi) is 31.1. The number of amides is 11. The molecule has 1 saturated heterocycles. The lowest BCUT2D eigenvalue weighted by Gasteiger charge is -2.31. The third-order valence-electron chi connectivity index (χ3n) is 15.3. The number of nitrogens with two attached hydrogens (primary N) is 7. The molecule has 4 aromatic rings. The number of methoxy groups -OCH3 is 1. The van der Waals surface area contributed by atoms with Gasteiger partial charge in [0.15, 0.2) is 11.9 Å². The van der Waals surface area contributed by atoms with Gasteiger partial charge in [-0.05, 0) is 132 Å². The van der Waals surface area contributed by atoms with Crippen molar-refractivity contribution in [1.29, 1.82) is 0 Å². The molecule has 1 fully saturated rings. The van der Waals surface area contributed by atoms with Crippen LogP contribution in [0.1, 0.15) is 86.5 Å². The summed E-state index contributed by atoms with van der Waals surface area (Å²) >= 11 is 1.90. The first-order valence-corrected chi connectivity index (χ1v) is 32.0. The van der Waals surface area contributed by atoms with Crippen LogP contribution < -0.4 is 82.1 Å². The van der Waals surface area contributed by atoms with Gasteiger partial charge in [-0.1, -0.05) is 71.8 Å². The zero-order valence-corrected chi connectivity index (χ0v) is 55.5. The van der Waals surface area contributed by atoms with Gasteiger partial charge in [0.25, 0.3) is 0 Å². The van der Waals surface area contributed by atoms with E-state index in [0.29, 0.717) is 37.3 Å². The van der Waals surface area contributed by atoms with Gasteiger partial charge in [-0.25, -0.2) is 0 Å². The van der Waals surface area contributed by atoms with Crippen molar-refractivity contribution in [1.82, 2.24) is 42.1 Å². The summed E-state index contributed by atoms with van der Waals surface area (Å²) in [5.74, 6) is -9.98. The lowest BCUT2D eigenvalue weighted by molar-refractivity contribution is -0.143. The summed E-state index contributed by atoms with van der Waals surface area (Å²) in [6, 6.07) is 14.5. The second-order valence-corrected chi connectivity index (χ2v) is 23.9. The summed E-state index contributed by atoms with van der Waals surface area (Å²) in [4.78, 5) is 165. The van der Waals surface area contributed by atoms with Crippen molar-refractivity contribution >= 4 is 105 Å². The summed E-state index contributed by atoms with van der Waals surface area (Å²) in [5, 5.41) is 32.0. The number of guanidine groups is 2. The Labute approximate surface area is 572 Å². The quantitative estimate of drug-likeness (QED) is 0.00471. The van der Waals surface area contributed by atoms with Crippen LogP contribution in [0.5, 0.6) is 11.5 Å². The normalized spacial score (nSPS) is 14.5. The van der Waals surface area contributed by atoms with Gasteiger partial charge in [-0.15, -0.1) is 0 Å². The largest absolute Gasteiger partial charge is 0.507 e. The third-order valence-corrected chi connectivity index (χ3v) is 16.2. The minimum absolute atomic E-state index is 0.00620. The highest BCUT2D eigenvalue weighted by Crippen LogP contribution is 2.24. The average Bonchev–Trinajstić information content (AvgIpc) is 1.70. The molecular formula is C63H83IN20O13. The minimum Gasteiger partial charge on any atom is -0.507 e. The number of hydrogen-bond donors (Lipinski definition) is 15. The highest BCUT2D eigenvalue weighted by Gasteiger charge is 2.41. The van der Waals surface area contributed by atoms with Gasteiger partial charge >= 0.3 is 0 Å². The predicted octanol–water partition coefficient (Wildman–Crippen LogP) is -1.27. The molecule has 33 nitrogen and oxygen atoms in total. The van der Waals surface area contributed by atoms with Crippen molar-refractivity contribution in [3.63, 3.8) is 0 Å². The van der Waals surface area contributed by atoms with Gasteiger partial charge in [-0.3, -0.25) is 62.7 Å². The van der Waals surface area contributed by atoms with Gasteiger partial charge in [0, 0.05) is 62.3 Å². The Balaban J connectivity index is 1.39. The topological polar surface area (TPSA) is 560 Å². The molecule has 0 spiro atoms. The molecule has 4 aromatic carbocycles. The molecule has 34 heteroatoms. The van der Waals surface area contributed by atoms with Gasteiger partial charge in [0.2, 0.25) is 65.0 Å². The first kappa shape index (κ1) is 76.9. The van der Waals surface area contributed by atoms with Crippen LogP contribution in [0.4, 0.5) is 5.69 Å². The summed E-state index contributed by atoms with van der Waals surface area (Å²) in [7, 11) is 1.48. The number of ether oxygens (including phenoxy) is 1. The molecule has 520 valence electrons. The van der Waals surface area contributed by atoms with Gasteiger partial charge in [0.05, 0.1) is 17.1 Å². The van der Waals surface area contributed by atoms with Crippen molar-refractivity contribution in [2.24, 2.45) is 55.2 Å². The smallest absolute Gasteiger partial charge is 0.245 e. The summed E-state index contributed by atoms with van der Waals surface area (Å²) < 4.78 is 5.77. The summed E-state index contributed by atoms with van der Waals surface area (Å²) in [6.45, 7) is -0.0420. The molecule has 5 rings (SSSR count). The first-order valence-electron chi connectivity index (χ1n) is 30.9. The Morgan fingerprint density at radius 2 is 1.11 bits per heavy atom. The van der Waals surface area contributed by atoms with Crippen LogP contribution in [0.15, 0.2) is 112 Å². The number of primary amides is 3. The second kappa shape index (κ2) is 39.2. The molecule has 0 saturated carbocycles. The van der Waals surface area contributed by atoms with E-state index in [1.165, 1.54) is 18.1 Å². The van der Waals surface area contributed by atoms with E-state index < -0.39 is 133 Å². The maximum Gasteiger partial charge on any atom is 0.245 e. The second-order valence-electron chi connectivity index (χ2n) is 22.7. The van der Waals surface area contributed by atoms with E-state index in [9.17, 15) is 57.8 Å². The Hall–Kier alpha value is -10.8. The van der Waals surface area contributed by atoms with Crippen molar-refractivity contribution in [2.75, 3.05) is 26.7 Å². The molecule has 0 aliphatic carbocycles. The molecule has 1 aliphatic heterocycles. The standard InChI is InChI=1S/C63H83IN20O13/c1-97-40-20-16-37(17-21-40)32-46(75-53(88)25-19-36-11-5-12-39(29-36)82-83-72)57(92)80-47(31-35-9-3-2-4-10-35)58(93)76-43(22-24-51(65)86)56(91)81-48(34-52(66)87)59(94)78-44(14-7-27-74-63(70)71)61(96)84-28-8-15-49(84)60(95)77-42(13-6-26-73-62(68)69)55(90)79-45(54(67)89)33-38-18-23-50(85)41(64)30-38/h2-5,9-12,16-18,20-21,23,29-30,42-49,85H,6-8,13-15,19,22,24-28,31-34H2,1H3,(H2,65,86)(H2,66,87)(H2,67,89)(H,75,88)(H,76,93)(H,77,95)(H,78,94)(H,79,90)(H,80,92)(H,81,91)(H4,68,69,73)(H4,70,71,74)/t42-,43-,44-,45-,46+,47-,48-,49-/m0/s1/i64-2. The minimum atomic E-state index is -1.87. The molecule has 0 unspecified atom stereocenters. The number of halogens is 1. The van der Waals surface area contributed by atoms with Crippen LogP contribution in [0.2, 0.25) is 0 Å². The van der Waals surface area contributed by atoms with E-state index in [0.717, 1.165) is 0 Å². The molecule has 97 heavy (non-hydrogen) atoms. The van der Waals surface area contributed by atoms with Crippen LogP contribution in [-0.4, -0.2) is 162 Å². The Morgan fingerprint density at radius 3 is 1.70 bits per heavy atom. The van der Waals surface area contributed by atoms with E-state index >= 15 is 0 Å². The number of nitrogens with one attached hydrogen (secondary N) is 7. The SMILES string of the molecule is COc1ccc(C[C@@H](NC(=O)CCc2cccc(N=[N+]=[N-])c2)C(=O)N[C@@H](Cc2ccccc2)C(=O)N[C@@H](CCC(N)=O)C(=O)N[C@@H](CC(N)=O)C(=O)N[C@@H](CCCN=C(N)N)C(=O)N2CCC[C@H]2C(=O)N[C@@H](CCCN=C(N)N)C(=O)N[C@@H](Cc2ccc(O)c([125I])c2)C(N)=O)cc1. The van der Waals surface area contributed by atoms with E-state index in [1.54, 1.807) is 91.0 Å². The molecule has 0 aromatic heterocycles. The molecule has 1 heterocycles. The van der Waals surface area contributed by atoms with Crippen LogP contribution in [0, 0.1) is 3.57 Å². The Morgan fingerprint density at radius 1 is 0.588 bits per heavy atom. The molecule has 8 atom stereocenters. The lowest BCUT2D eigenvalue weighted by Crippen LogP contribution is -2.60. The third kappa shape index (κ3) is 26.5. The number of phenolic OH excluding ortho intramolecular Hbond substituents is 1. The van der Waals surface area contributed by atoms with Crippen LogP contribution in [0.25, 0.3) is 10.4 Å². The summed E-state index contributed by atoms with van der Waals surface area (Å²) in [5.41, 5.74) is 50.7. The molecule has 0 radical (unpaired) electrons. The van der Waals surface area contributed by atoms with E-state index in [1.807, 2.05) is 22.6 Å². The van der Waals surface area contributed by atoms with Gasteiger partial charge < -0.3 is 92.1 Å². The monoisotopic (exact) mass is 1450 g/mol. The zero-order valence-electron chi connectivity index (χ0n) is 53.3. The van der Waals surface area contributed by atoms with Gasteiger partial charge in [0.1, 0.15) is 59.8 Å². The van der Waals surface area contributed by atoms with E-state index in [2.05, 4.69) is 57.2 Å². The van der Waals surface area contributed by atoms with E-state index in [4.69, 9.17) is 50.4 Å². The van der Waals surface area contributed by atoms with Crippen molar-refractivity contribution in [3.05, 3.63) is 133 Å². The first-order chi connectivity index (χ1) is 46.2. The fourth-order valence-corrected chi connectivity index (χ4v) is 11.0. The number of hydrogen-bond acceptors (Lipinski definition) is 16. The number of phenols is 1. The predicted molar refractivity (Wildman–Crippen MR) is 364 cm³/mol. The van der Waals surface area contributed by atoms with Crippen molar-refractivity contribution in [3.8, 4) is 11.5 Å². The van der Waals surface area contributed by atoms with Gasteiger partial charge in [-0.2, -0.15) is 0 Å². The zero-order chi connectivity index (χ0) is 71.1. The van der Waals surface area contributed by atoms with Crippen LogP contribution in [-0.2, 0) is 78.4 Å². The maximum atomic E-state index is 14.8. The number of carbonyl (C=O) groups excluding carboxylic acids is 11. The maximum absolute atomic E-state index is 14.8. The highest BCUT2D eigenvalue weighted by atomic mass is 125. The average molecular weight is 1450 g/mol. The van der Waals surface area contributed by atoms with Crippen molar-refractivity contribution < 1.29 is 62.6 Å². The fraction of sp³-hybridized carbons (Fsp3) is 0.413. The fourth-order valence-electron chi connectivity index (χ4n) is 10.4. The number of rotatable bonds is 39. The Bertz CT molecular complexity index is 3550. The van der Waals surface area contributed by atoms with E-state index in [-0.39, 0.29) is 108 Å². The number of aliphatic imine (C=N–C) groups is 2. The molecule has 1 aliphatic rings. The molecule has 0 bridgehead atoms. The van der Waals surface area contributed by atoms with Crippen LogP contribution in [0.3, 0.4) is 0 Å². The molecule has 11 amide bonds. The van der Waals surface area contributed by atoms with Crippen LogP contribution >= 0.6 is 22.6 Å². The molecular weight excluding hydrogens is 1370 g/mol. The summed E-state index contributed by atoms with van der Waals surface area (Å²) in [6.07, 6.45) is -1.87. The number of aromatic hydroxyl groups is 1. The number of azide groups is 1. The number of likely N-dealkylation sites (tertiary alicyclic amines) is 1. The lowest BCUT2D eigenvalue weighted by atomic mass is 10.0.